The molecule has 0 heterocycles. The minimum atomic E-state index is -4.06. The van der Waals surface area contributed by atoms with E-state index in [1.165, 1.54) is 24.1 Å². The molecule has 1 N–H and O–H groups in total. The van der Waals surface area contributed by atoms with Gasteiger partial charge in [0, 0.05) is 18.6 Å². The molecule has 0 aliphatic carbocycles. The van der Waals surface area contributed by atoms with Crippen molar-refractivity contribution < 1.29 is 18.0 Å². The molecule has 0 fully saturated rings. The first kappa shape index (κ1) is 26.2. The highest BCUT2D eigenvalue weighted by atomic mass is 35.5. The van der Waals surface area contributed by atoms with E-state index in [-0.39, 0.29) is 17.3 Å². The molecular weight excluding hydrogens is 486 g/mol. The lowest BCUT2D eigenvalue weighted by Crippen LogP contribution is -2.50. The van der Waals surface area contributed by atoms with E-state index in [0.29, 0.717) is 10.7 Å². The number of hydrogen-bond donors (Lipinski definition) is 1. The first-order valence-corrected chi connectivity index (χ1v) is 12.8. The smallest absolute Gasteiger partial charge is 0.264 e. The monoisotopic (exact) mass is 513 g/mol. The molecule has 0 bridgehead atoms. The van der Waals surface area contributed by atoms with Crippen LogP contribution in [0.1, 0.15) is 18.1 Å². The number of halogens is 1. The maximum absolute atomic E-state index is 13.6. The number of rotatable bonds is 9. The average Bonchev–Trinajstić information content (AvgIpc) is 2.86. The van der Waals surface area contributed by atoms with Crippen molar-refractivity contribution in [2.24, 2.45) is 0 Å². The van der Waals surface area contributed by atoms with E-state index in [0.717, 1.165) is 15.4 Å². The summed E-state index contributed by atoms with van der Waals surface area (Å²) in [6.45, 7) is 3.10. The van der Waals surface area contributed by atoms with Crippen LogP contribution in [0.5, 0.6) is 0 Å². The van der Waals surface area contributed by atoms with E-state index in [1.54, 1.807) is 73.7 Å². The first-order valence-electron chi connectivity index (χ1n) is 11.0. The summed E-state index contributed by atoms with van der Waals surface area (Å²) in [5.41, 5.74) is 2.02. The van der Waals surface area contributed by atoms with Crippen molar-refractivity contribution in [2.75, 3.05) is 17.9 Å². The van der Waals surface area contributed by atoms with E-state index >= 15 is 0 Å². The standard InChI is InChI=1S/C26H28ClN3O4S/c1-19-9-15-24(16-10-19)35(33,34)30(23-7-5-4-6-8-23)18-25(31)29(20(2)26(32)28-3)17-21-11-13-22(27)14-12-21/h4-16,20H,17-18H2,1-3H3,(H,28,32)/t20-/m1/s1. The van der Waals surface area contributed by atoms with Crippen molar-refractivity contribution in [1.82, 2.24) is 10.2 Å². The van der Waals surface area contributed by atoms with Crippen LogP contribution in [-0.4, -0.2) is 44.8 Å². The number of para-hydroxylation sites is 1. The molecule has 0 aliphatic heterocycles. The molecule has 1 atom stereocenters. The van der Waals surface area contributed by atoms with Crippen LogP contribution in [0.25, 0.3) is 0 Å². The number of benzene rings is 3. The third-order valence-electron chi connectivity index (χ3n) is 5.61. The van der Waals surface area contributed by atoms with Crippen molar-refractivity contribution in [3.8, 4) is 0 Å². The number of sulfonamides is 1. The fraction of sp³-hybridized carbons (Fsp3) is 0.231. The zero-order valence-electron chi connectivity index (χ0n) is 19.8. The van der Waals surface area contributed by atoms with Crippen LogP contribution < -0.4 is 9.62 Å². The summed E-state index contributed by atoms with van der Waals surface area (Å²) in [6.07, 6.45) is 0. The number of aryl methyl sites for hydroxylation is 1. The molecule has 184 valence electrons. The zero-order valence-corrected chi connectivity index (χ0v) is 21.4. The van der Waals surface area contributed by atoms with Gasteiger partial charge in [0.05, 0.1) is 10.6 Å². The lowest BCUT2D eigenvalue weighted by Gasteiger charge is -2.31. The van der Waals surface area contributed by atoms with Gasteiger partial charge in [-0.3, -0.25) is 13.9 Å². The quantitative estimate of drug-likeness (QED) is 0.468. The SMILES string of the molecule is CNC(=O)[C@@H](C)N(Cc1ccc(Cl)cc1)C(=O)CN(c1ccccc1)S(=O)(=O)c1ccc(C)cc1. The predicted molar refractivity (Wildman–Crippen MR) is 138 cm³/mol. The average molecular weight is 514 g/mol. The second-order valence-corrected chi connectivity index (χ2v) is 10.4. The van der Waals surface area contributed by atoms with Gasteiger partial charge < -0.3 is 10.2 Å². The van der Waals surface area contributed by atoms with E-state index in [4.69, 9.17) is 11.6 Å². The third-order valence-corrected chi connectivity index (χ3v) is 7.65. The molecule has 0 saturated heterocycles. The highest BCUT2D eigenvalue weighted by Gasteiger charge is 2.32. The van der Waals surface area contributed by atoms with E-state index in [2.05, 4.69) is 5.32 Å². The normalized spacial score (nSPS) is 12.0. The summed E-state index contributed by atoms with van der Waals surface area (Å²) in [5, 5.41) is 3.10. The van der Waals surface area contributed by atoms with Gasteiger partial charge in [0.25, 0.3) is 10.0 Å². The van der Waals surface area contributed by atoms with Gasteiger partial charge in [0.15, 0.2) is 0 Å². The van der Waals surface area contributed by atoms with Gasteiger partial charge in [-0.05, 0) is 55.8 Å². The lowest BCUT2D eigenvalue weighted by molar-refractivity contribution is -0.139. The minimum Gasteiger partial charge on any atom is -0.357 e. The molecule has 0 saturated carbocycles. The summed E-state index contributed by atoms with van der Waals surface area (Å²) in [4.78, 5) is 27.5. The summed E-state index contributed by atoms with van der Waals surface area (Å²) >= 11 is 5.98. The second-order valence-electron chi connectivity index (χ2n) is 8.10. The third kappa shape index (κ3) is 6.41. The molecule has 0 unspecified atom stereocenters. The molecule has 2 amide bonds. The Bertz CT molecular complexity index is 1260. The van der Waals surface area contributed by atoms with Crippen molar-refractivity contribution in [1.29, 1.82) is 0 Å². The van der Waals surface area contributed by atoms with Gasteiger partial charge in [-0.1, -0.05) is 59.6 Å². The highest BCUT2D eigenvalue weighted by Crippen LogP contribution is 2.24. The Balaban J connectivity index is 1.99. The fourth-order valence-corrected chi connectivity index (χ4v) is 5.08. The number of hydrogen-bond acceptors (Lipinski definition) is 4. The van der Waals surface area contributed by atoms with Gasteiger partial charge in [-0.25, -0.2) is 8.42 Å². The first-order chi connectivity index (χ1) is 16.6. The maximum Gasteiger partial charge on any atom is 0.264 e. The molecule has 3 aromatic carbocycles. The van der Waals surface area contributed by atoms with Gasteiger partial charge >= 0.3 is 0 Å². The topological polar surface area (TPSA) is 86.8 Å². The Labute approximate surface area is 211 Å². The summed E-state index contributed by atoms with van der Waals surface area (Å²) in [5.74, 6) is -0.879. The molecule has 0 aromatic heterocycles. The minimum absolute atomic E-state index is 0.0726. The number of amides is 2. The lowest BCUT2D eigenvalue weighted by atomic mass is 10.1. The van der Waals surface area contributed by atoms with Gasteiger partial charge in [0.1, 0.15) is 12.6 Å². The Morgan fingerprint density at radius 1 is 0.943 bits per heavy atom. The van der Waals surface area contributed by atoms with Crippen molar-refractivity contribution in [3.05, 3.63) is 95.0 Å². The van der Waals surface area contributed by atoms with Crippen molar-refractivity contribution in [3.63, 3.8) is 0 Å². The van der Waals surface area contributed by atoms with Gasteiger partial charge in [0.2, 0.25) is 11.8 Å². The van der Waals surface area contributed by atoms with Crippen LogP contribution in [0.15, 0.2) is 83.8 Å². The predicted octanol–water partition coefficient (Wildman–Crippen LogP) is 4.01. The molecule has 7 nitrogen and oxygen atoms in total. The van der Waals surface area contributed by atoms with Crippen LogP contribution in [-0.2, 0) is 26.2 Å². The highest BCUT2D eigenvalue weighted by molar-refractivity contribution is 7.92. The number of likely N-dealkylation sites (N-methyl/N-ethyl adjacent to an activating group) is 1. The molecule has 35 heavy (non-hydrogen) atoms. The largest absolute Gasteiger partial charge is 0.357 e. The molecule has 0 spiro atoms. The Kier molecular flexibility index (Phi) is 8.53. The Hall–Kier alpha value is -3.36. The van der Waals surface area contributed by atoms with E-state index < -0.39 is 28.5 Å². The number of anilines is 1. The fourth-order valence-electron chi connectivity index (χ4n) is 3.54. The van der Waals surface area contributed by atoms with Gasteiger partial charge in [-0.2, -0.15) is 0 Å². The Morgan fingerprint density at radius 3 is 2.11 bits per heavy atom. The van der Waals surface area contributed by atoms with Crippen molar-refractivity contribution >= 4 is 39.1 Å². The van der Waals surface area contributed by atoms with Gasteiger partial charge in [-0.15, -0.1) is 0 Å². The maximum atomic E-state index is 13.6. The summed E-state index contributed by atoms with van der Waals surface area (Å²) in [7, 11) is -2.57. The molecule has 9 heteroatoms. The van der Waals surface area contributed by atoms with Crippen LogP contribution in [0.3, 0.4) is 0 Å². The Morgan fingerprint density at radius 2 is 1.54 bits per heavy atom. The van der Waals surface area contributed by atoms with Crippen LogP contribution in [0, 0.1) is 6.92 Å². The van der Waals surface area contributed by atoms with E-state index in [1.807, 2.05) is 6.92 Å². The summed E-state index contributed by atoms with van der Waals surface area (Å²) < 4.78 is 28.3. The van der Waals surface area contributed by atoms with Crippen LogP contribution >= 0.6 is 11.6 Å². The van der Waals surface area contributed by atoms with Crippen LogP contribution in [0.2, 0.25) is 5.02 Å². The number of carbonyl (C=O) groups is 2. The zero-order chi connectivity index (χ0) is 25.6. The molecule has 3 aromatic rings. The molecular formula is C26H28ClN3O4S. The molecule has 0 radical (unpaired) electrons. The van der Waals surface area contributed by atoms with E-state index in [9.17, 15) is 18.0 Å². The van der Waals surface area contributed by atoms with Crippen LogP contribution in [0.4, 0.5) is 5.69 Å². The number of carbonyl (C=O) groups excluding carboxylic acids is 2. The summed E-state index contributed by atoms with van der Waals surface area (Å²) in [6, 6.07) is 21.0. The second kappa shape index (κ2) is 11.4. The number of nitrogens with zero attached hydrogens (tertiary/aromatic N) is 2. The molecule has 3 rings (SSSR count). The molecule has 0 aliphatic rings. The number of nitrogens with one attached hydrogen (secondary N) is 1. The van der Waals surface area contributed by atoms with Crippen molar-refractivity contribution in [2.45, 2.75) is 31.3 Å².